The van der Waals surface area contributed by atoms with Crippen LogP contribution < -0.4 is 4.74 Å². The van der Waals surface area contributed by atoms with E-state index in [2.05, 4.69) is 25.3 Å². The van der Waals surface area contributed by atoms with Crippen LogP contribution in [0.1, 0.15) is 34.9 Å². The number of aldehydes is 1. The average Bonchev–Trinajstić information content (AvgIpc) is 3.13. The van der Waals surface area contributed by atoms with Crippen molar-refractivity contribution in [2.24, 2.45) is 0 Å². The van der Waals surface area contributed by atoms with E-state index >= 15 is 0 Å². The number of hydrogen-bond donors (Lipinski definition) is 0. The molecule has 1 fully saturated rings. The summed E-state index contributed by atoms with van der Waals surface area (Å²) in [5.74, 6) is 2.05. The molecule has 4 nitrogen and oxygen atoms in total. The molecule has 92 valence electrons. The smallest absolute Gasteiger partial charge is 0.298 e. The molecule has 0 N–H and O–H groups in total. The van der Waals surface area contributed by atoms with E-state index in [1.807, 2.05) is 0 Å². The van der Waals surface area contributed by atoms with Crippen molar-refractivity contribution >= 4 is 33.7 Å². The van der Waals surface area contributed by atoms with Gasteiger partial charge in [0.1, 0.15) is 17.9 Å². The Morgan fingerprint density at radius 3 is 2.94 bits per heavy atom. The lowest BCUT2D eigenvalue weighted by Crippen LogP contribution is -1.88. The van der Waals surface area contributed by atoms with E-state index in [4.69, 9.17) is 4.74 Å². The highest BCUT2D eigenvalue weighted by atomic mass is 79.9. The Balaban J connectivity index is 1.80. The van der Waals surface area contributed by atoms with Gasteiger partial charge in [-0.05, 0) is 47.0 Å². The third kappa shape index (κ3) is 2.44. The summed E-state index contributed by atoms with van der Waals surface area (Å²) in [6.07, 6.45) is 3.15. The molecule has 1 aromatic heterocycles. The summed E-state index contributed by atoms with van der Waals surface area (Å²) in [5.41, 5.74) is 0.602. The Labute approximate surface area is 116 Å². The fourth-order valence-corrected chi connectivity index (χ4v) is 2.64. The summed E-state index contributed by atoms with van der Waals surface area (Å²) in [4.78, 5) is 15.0. The minimum Gasteiger partial charge on any atom is -0.429 e. The molecule has 0 radical (unpaired) electrons. The van der Waals surface area contributed by atoms with Crippen LogP contribution in [0, 0.1) is 0 Å². The topological polar surface area (TPSA) is 52.1 Å². The zero-order valence-electron chi connectivity index (χ0n) is 9.30. The van der Waals surface area contributed by atoms with Crippen LogP contribution in [0.25, 0.3) is 0 Å². The lowest BCUT2D eigenvalue weighted by atomic mass is 10.2. The molecule has 3 rings (SSSR count). The maximum atomic E-state index is 10.6. The third-order valence-corrected chi connectivity index (χ3v) is 3.88. The Morgan fingerprint density at radius 1 is 1.44 bits per heavy atom. The highest BCUT2D eigenvalue weighted by Crippen LogP contribution is 2.40. The van der Waals surface area contributed by atoms with Crippen LogP contribution in [-0.2, 0) is 0 Å². The van der Waals surface area contributed by atoms with E-state index in [1.165, 1.54) is 24.4 Å². The van der Waals surface area contributed by atoms with E-state index < -0.39 is 0 Å². The number of rotatable bonds is 4. The zero-order valence-corrected chi connectivity index (χ0v) is 11.7. The van der Waals surface area contributed by atoms with Gasteiger partial charge in [-0.15, -0.1) is 0 Å². The summed E-state index contributed by atoms with van der Waals surface area (Å²) in [6, 6.07) is 5.16. The van der Waals surface area contributed by atoms with Crippen LogP contribution in [0.3, 0.4) is 0 Å². The minimum atomic E-state index is 0.527. The molecule has 0 spiro atoms. The normalized spacial score (nSPS) is 14.5. The quantitative estimate of drug-likeness (QED) is 0.803. The molecule has 0 amide bonds. The van der Waals surface area contributed by atoms with Gasteiger partial charge in [0.15, 0.2) is 0 Å². The molecule has 1 saturated carbocycles. The van der Waals surface area contributed by atoms with Crippen molar-refractivity contribution < 1.29 is 9.53 Å². The van der Waals surface area contributed by atoms with Gasteiger partial charge >= 0.3 is 0 Å². The first-order valence-corrected chi connectivity index (χ1v) is 7.09. The van der Waals surface area contributed by atoms with Crippen LogP contribution in [0.15, 0.2) is 22.7 Å². The van der Waals surface area contributed by atoms with Gasteiger partial charge in [-0.1, -0.05) is 0 Å². The van der Waals surface area contributed by atoms with E-state index in [9.17, 15) is 4.79 Å². The number of ether oxygens (including phenoxy) is 1. The van der Waals surface area contributed by atoms with Crippen molar-refractivity contribution in [1.29, 1.82) is 0 Å². The predicted octanol–water partition coefficient (Wildman–Crippen LogP) is 3.78. The van der Waals surface area contributed by atoms with Crippen LogP contribution in [-0.4, -0.2) is 15.6 Å². The minimum absolute atomic E-state index is 0.527. The van der Waals surface area contributed by atoms with Crippen LogP contribution in [0.5, 0.6) is 10.9 Å². The second kappa shape index (κ2) is 4.78. The molecule has 18 heavy (non-hydrogen) atoms. The monoisotopic (exact) mass is 324 g/mol. The second-order valence-corrected chi connectivity index (χ2v) is 5.67. The number of hydrogen-bond acceptors (Lipinski definition) is 5. The predicted molar refractivity (Wildman–Crippen MR) is 71.5 cm³/mol. The van der Waals surface area contributed by atoms with Crippen LogP contribution in [0.4, 0.5) is 0 Å². The molecule has 0 atom stereocenters. The molecule has 0 saturated heterocycles. The van der Waals surface area contributed by atoms with Crippen molar-refractivity contribution in [3.63, 3.8) is 0 Å². The number of nitrogens with zero attached hydrogens (tertiary/aromatic N) is 2. The van der Waals surface area contributed by atoms with Gasteiger partial charge in [0.25, 0.3) is 5.19 Å². The van der Waals surface area contributed by atoms with Crippen molar-refractivity contribution in [3.05, 3.63) is 34.1 Å². The van der Waals surface area contributed by atoms with Gasteiger partial charge in [0.2, 0.25) is 0 Å². The van der Waals surface area contributed by atoms with E-state index in [0.29, 0.717) is 22.4 Å². The molecule has 1 aromatic carbocycles. The van der Waals surface area contributed by atoms with Gasteiger partial charge in [-0.2, -0.15) is 9.36 Å². The maximum absolute atomic E-state index is 10.6. The number of benzene rings is 1. The molecule has 1 aliphatic rings. The number of halogens is 1. The van der Waals surface area contributed by atoms with Crippen molar-refractivity contribution in [3.8, 4) is 10.9 Å². The Hall–Kier alpha value is -1.27. The summed E-state index contributed by atoms with van der Waals surface area (Å²) in [6.45, 7) is 0. The van der Waals surface area contributed by atoms with E-state index in [1.54, 1.807) is 18.2 Å². The maximum Gasteiger partial charge on any atom is 0.298 e. The number of aromatic nitrogens is 2. The molecule has 1 heterocycles. The van der Waals surface area contributed by atoms with Gasteiger partial charge in [0, 0.05) is 23.0 Å². The Morgan fingerprint density at radius 2 is 2.28 bits per heavy atom. The first kappa shape index (κ1) is 11.8. The summed E-state index contributed by atoms with van der Waals surface area (Å²) >= 11 is 4.62. The fourth-order valence-electron chi connectivity index (χ4n) is 1.54. The summed E-state index contributed by atoms with van der Waals surface area (Å²) < 4.78 is 10.7. The van der Waals surface area contributed by atoms with Gasteiger partial charge in [-0.25, -0.2) is 0 Å². The molecular formula is C12H9BrN2O2S. The molecule has 1 aliphatic carbocycles. The van der Waals surface area contributed by atoms with Gasteiger partial charge < -0.3 is 4.74 Å². The standard InChI is InChI=1S/C12H9BrN2O2S/c13-9-5-7(6-16)1-4-10(9)17-12-14-11(15-18-12)8-2-3-8/h1,4-6,8H,2-3H2. The zero-order chi connectivity index (χ0) is 12.5. The van der Waals surface area contributed by atoms with Crippen LogP contribution >= 0.6 is 27.5 Å². The first-order valence-electron chi connectivity index (χ1n) is 5.52. The lowest BCUT2D eigenvalue weighted by molar-refractivity contribution is 0.112. The Kier molecular flexibility index (Phi) is 3.13. The second-order valence-electron chi connectivity index (χ2n) is 4.10. The van der Waals surface area contributed by atoms with E-state index in [0.717, 1.165) is 16.6 Å². The summed E-state index contributed by atoms with van der Waals surface area (Å²) in [5, 5.41) is 0.538. The molecule has 0 unspecified atom stereocenters. The number of carbonyl (C=O) groups is 1. The van der Waals surface area contributed by atoms with Gasteiger partial charge in [-0.3, -0.25) is 4.79 Å². The van der Waals surface area contributed by atoms with Crippen LogP contribution in [0.2, 0.25) is 0 Å². The molecule has 0 aliphatic heterocycles. The van der Waals surface area contributed by atoms with Gasteiger partial charge in [0.05, 0.1) is 4.47 Å². The molecular weight excluding hydrogens is 316 g/mol. The molecule has 2 aromatic rings. The van der Waals surface area contributed by atoms with E-state index in [-0.39, 0.29) is 0 Å². The van der Waals surface area contributed by atoms with Crippen molar-refractivity contribution in [2.45, 2.75) is 18.8 Å². The SMILES string of the molecule is O=Cc1ccc(Oc2nc(C3CC3)ns2)c(Br)c1. The molecule has 6 heteroatoms. The highest BCUT2D eigenvalue weighted by molar-refractivity contribution is 9.10. The summed E-state index contributed by atoms with van der Waals surface area (Å²) in [7, 11) is 0. The fraction of sp³-hybridized carbons (Fsp3) is 0.250. The third-order valence-electron chi connectivity index (χ3n) is 2.65. The number of carbonyl (C=O) groups excluding carboxylic acids is 1. The Bertz CT molecular complexity index is 596. The largest absolute Gasteiger partial charge is 0.429 e. The lowest BCUT2D eigenvalue weighted by Gasteiger charge is -2.03. The average molecular weight is 325 g/mol. The first-order chi connectivity index (χ1) is 8.76. The van der Waals surface area contributed by atoms with Crippen molar-refractivity contribution in [1.82, 2.24) is 9.36 Å². The highest BCUT2D eigenvalue weighted by Gasteiger charge is 2.28. The van der Waals surface area contributed by atoms with Crippen molar-refractivity contribution in [2.75, 3.05) is 0 Å². The molecule has 0 bridgehead atoms.